The number of halogens is 9. The number of anilines is 11. The Labute approximate surface area is 816 Å². The van der Waals surface area contributed by atoms with Crippen LogP contribution in [0.1, 0.15) is 134 Å². The molecule has 4 saturated heterocycles. The Morgan fingerprint density at radius 3 is 0.873 bits per heavy atom. The van der Waals surface area contributed by atoms with E-state index in [9.17, 15) is 63.5 Å². The van der Waals surface area contributed by atoms with E-state index >= 15 is 0 Å². The zero-order chi connectivity index (χ0) is 101. The molecule has 38 heteroatoms. The molecule has 6 aromatic heterocycles. The van der Waals surface area contributed by atoms with Gasteiger partial charge in [0.25, 0.3) is 29.5 Å². The number of aromatic amines is 5. The summed E-state index contributed by atoms with van der Waals surface area (Å²) in [5, 5.41) is 5.18. The Balaban J connectivity index is 0.000000128. The number of amides is 5. The largest absolute Gasteiger partial charge is 0.573 e. The first-order valence-electron chi connectivity index (χ1n) is 45.6. The van der Waals surface area contributed by atoms with Crippen LogP contribution in [0.4, 0.5) is 102 Å². The highest BCUT2D eigenvalue weighted by molar-refractivity contribution is 7.13. The third-order valence-electron chi connectivity index (χ3n) is 23.6. The predicted molar refractivity (Wildman–Crippen MR) is 530 cm³/mol. The molecule has 738 valence electrons. The number of H-pyrrole nitrogens is 5. The van der Waals surface area contributed by atoms with E-state index < -0.39 is 19.1 Å². The van der Waals surface area contributed by atoms with E-state index in [1.807, 2.05) is 168 Å². The van der Waals surface area contributed by atoms with Crippen molar-refractivity contribution in [3.63, 3.8) is 0 Å². The molecule has 11 aromatic rings. The summed E-state index contributed by atoms with van der Waals surface area (Å²) in [6.07, 6.45) is 10.6. The Bertz CT molecular complexity index is 6660. The van der Waals surface area contributed by atoms with Crippen LogP contribution < -0.4 is 53.5 Å². The lowest BCUT2D eigenvalue weighted by Gasteiger charge is -2.32. The fourth-order valence-electron chi connectivity index (χ4n) is 17.0. The van der Waals surface area contributed by atoms with Crippen LogP contribution in [0, 0.1) is 0 Å². The summed E-state index contributed by atoms with van der Waals surface area (Å²) in [6.45, 7) is 36.5. The van der Waals surface area contributed by atoms with Crippen molar-refractivity contribution in [2.24, 2.45) is 0 Å². The standard InChI is InChI=1S/C22H25N3O2.C21H21F3N4O2.C21H20N4O2S.C20H18F3N3O3.C20H18F3N3O2/c1-15(2)27-19-10-8-18(9-11-19)25-16(3)6-7-17-14-20(23-21(17)25)22(26)24-12-4-5-13-24;1-14-3-4-15-13-18(20(29)27-11-9-26(2)10-12-27)25-19(15)28(14)16-5-7-17(8-6-16)30-21(22,23)24;1-13(2)27-17-8-6-16(7-9-17)25-14(3)4-5-15-12-18(23-19(15)25)20(26)24-21-22-10-11-28-21;1-13-2-3-14-12-17(19(27)25-8-10-28-11-9-25)24-18(14)26(13)15-4-6-16(7-5-15)29-20(21,22)23;1-13-4-5-14-12-17(19(27)25-10-2-3-11-25)24-18(14)26(13)15-6-8-16(9-7-15)28-20(21,22)23/h6-11,14-15,23H,3-5,12-13H2,1-2H3;3-8,13,25H,1,9-12H2,2H3;4-13,23H,3H2,1-2H3,(H,22,24,26);2-7,12,24H,1,8-11H2;4-9,12,24H,1-3,10-11H2. The van der Waals surface area contributed by atoms with Gasteiger partial charge in [-0.1, -0.05) is 32.9 Å². The number of rotatable bonds is 18. The van der Waals surface area contributed by atoms with Crippen LogP contribution in [0.2, 0.25) is 0 Å². The molecule has 28 nitrogen and oxygen atoms in total. The Kier molecular flexibility index (Phi) is 29.7. The smallest absolute Gasteiger partial charge is 0.491 e. The van der Waals surface area contributed by atoms with Crippen molar-refractivity contribution in [1.82, 2.24) is 54.4 Å². The van der Waals surface area contributed by atoms with Crippen molar-refractivity contribution >= 4 is 134 Å². The molecule has 6 N–H and O–H groups in total. The summed E-state index contributed by atoms with van der Waals surface area (Å²) in [7, 11) is 2.02. The van der Waals surface area contributed by atoms with Gasteiger partial charge < -0.3 is 77.8 Å². The first-order valence-corrected chi connectivity index (χ1v) is 46.5. The zero-order valence-corrected chi connectivity index (χ0v) is 78.9. The molecule has 0 unspecified atom stereocenters. The fraction of sp³-hybridized carbons (Fsp3) is 0.250. The molecule has 4 fully saturated rings. The van der Waals surface area contributed by atoms with E-state index in [4.69, 9.17) is 14.2 Å². The molecule has 20 rings (SSSR count). The third-order valence-corrected chi connectivity index (χ3v) is 24.3. The number of piperazine rings is 1. The van der Waals surface area contributed by atoms with Gasteiger partial charge in [-0.3, -0.25) is 53.8 Å². The van der Waals surface area contributed by atoms with Crippen molar-refractivity contribution in [3.05, 3.63) is 311 Å². The molecule has 0 aliphatic carbocycles. The van der Waals surface area contributed by atoms with Crippen LogP contribution in [0.25, 0.3) is 30.4 Å². The van der Waals surface area contributed by atoms with Crippen LogP contribution >= 0.6 is 11.3 Å². The second-order valence-electron chi connectivity index (χ2n) is 34.5. The molecule has 5 aromatic carbocycles. The molecular weight excluding hydrogens is 1870 g/mol. The zero-order valence-electron chi connectivity index (χ0n) is 78.1. The van der Waals surface area contributed by atoms with Crippen LogP contribution in [0.5, 0.6) is 28.7 Å². The van der Waals surface area contributed by atoms with E-state index in [2.05, 4.69) is 87.2 Å². The van der Waals surface area contributed by atoms with Crippen molar-refractivity contribution in [2.45, 2.75) is 84.7 Å². The van der Waals surface area contributed by atoms with E-state index in [1.165, 1.54) is 84.1 Å². The average Bonchev–Trinajstić information content (AvgIpc) is 1.64. The Morgan fingerprint density at radius 2 is 0.613 bits per heavy atom. The predicted octanol–water partition coefficient (Wildman–Crippen LogP) is 22.8. The van der Waals surface area contributed by atoms with Gasteiger partial charge in [-0.05, 0) is 273 Å². The van der Waals surface area contributed by atoms with Crippen LogP contribution in [-0.4, -0.2) is 201 Å². The van der Waals surface area contributed by atoms with Crippen molar-refractivity contribution in [1.29, 1.82) is 0 Å². The number of nitrogens with zero attached hydrogens (tertiary/aromatic N) is 11. The highest BCUT2D eigenvalue weighted by Crippen LogP contribution is 2.45. The number of thiazole rings is 1. The molecule has 9 aliphatic rings. The number of nitrogens with one attached hydrogen (secondary N) is 6. The van der Waals surface area contributed by atoms with Crippen LogP contribution in [0.3, 0.4) is 0 Å². The van der Waals surface area contributed by atoms with Gasteiger partial charge in [0.15, 0.2) is 5.13 Å². The van der Waals surface area contributed by atoms with Gasteiger partial charge in [0, 0.05) is 162 Å². The Morgan fingerprint density at radius 1 is 0.359 bits per heavy atom. The summed E-state index contributed by atoms with van der Waals surface area (Å²) in [5.41, 5.74) is 14.0. The van der Waals surface area contributed by atoms with Gasteiger partial charge in [0.2, 0.25) is 0 Å². The fourth-order valence-corrected chi connectivity index (χ4v) is 17.5. The third kappa shape index (κ3) is 23.8. The van der Waals surface area contributed by atoms with Crippen molar-refractivity contribution in [3.8, 4) is 28.7 Å². The minimum atomic E-state index is -4.75. The lowest BCUT2D eigenvalue weighted by Crippen LogP contribution is -2.47. The minimum Gasteiger partial charge on any atom is -0.491 e. The van der Waals surface area contributed by atoms with Crippen LogP contribution in [0.15, 0.2) is 255 Å². The van der Waals surface area contributed by atoms with Gasteiger partial charge in [0.05, 0.1) is 25.4 Å². The molecule has 0 radical (unpaired) electrons. The summed E-state index contributed by atoms with van der Waals surface area (Å²) >= 11 is 1.38. The van der Waals surface area contributed by atoms with Crippen molar-refractivity contribution in [2.75, 3.05) is 116 Å². The topological polar surface area (TPSA) is 277 Å². The molecule has 5 amide bonds. The molecule has 9 aliphatic heterocycles. The lowest BCUT2D eigenvalue weighted by molar-refractivity contribution is -0.275. The molecule has 0 bridgehead atoms. The van der Waals surface area contributed by atoms with Crippen LogP contribution in [-0.2, 0) is 4.74 Å². The van der Waals surface area contributed by atoms with Gasteiger partial charge in [-0.2, -0.15) is 0 Å². The van der Waals surface area contributed by atoms with Gasteiger partial charge in [-0.15, -0.1) is 50.9 Å². The van der Waals surface area contributed by atoms with E-state index in [-0.39, 0.29) is 59.0 Å². The number of ether oxygens (including phenoxy) is 6. The lowest BCUT2D eigenvalue weighted by atomic mass is 10.1. The number of alkyl halides is 9. The quantitative estimate of drug-likeness (QED) is 0.0436. The highest BCUT2D eigenvalue weighted by Gasteiger charge is 2.37. The number of hydrogen-bond donors (Lipinski definition) is 6. The van der Waals surface area contributed by atoms with E-state index in [0.717, 1.165) is 139 Å². The summed E-state index contributed by atoms with van der Waals surface area (Å²) < 4.78 is 140. The first kappa shape index (κ1) is 99.2. The first-order chi connectivity index (χ1) is 67.9. The minimum absolute atomic E-state index is 0.0558. The second-order valence-corrected chi connectivity index (χ2v) is 35.4. The Hall–Kier alpha value is -15.8. The van der Waals surface area contributed by atoms with Crippen molar-refractivity contribution < 1.29 is 91.9 Å². The number of carbonyl (C=O) groups excluding carboxylic acids is 5. The van der Waals surface area contributed by atoms with Gasteiger partial charge in [-0.25, -0.2) is 4.98 Å². The summed E-state index contributed by atoms with van der Waals surface area (Å²) in [5.74, 6) is 3.91. The maximum atomic E-state index is 12.9. The summed E-state index contributed by atoms with van der Waals surface area (Å²) in [4.78, 5) is 102. The number of likely N-dealkylation sites (N-methyl/N-ethyl adjacent to an activating group) is 1. The number of morpholine rings is 1. The molecule has 142 heavy (non-hydrogen) atoms. The van der Waals surface area contributed by atoms with E-state index in [0.29, 0.717) is 125 Å². The molecular formula is C104H102F9N17O11S. The molecule has 15 heterocycles. The second kappa shape index (κ2) is 42.5. The molecule has 0 atom stereocenters. The number of hydrogen-bond acceptors (Lipinski definition) is 19. The molecule has 0 saturated carbocycles. The van der Waals surface area contributed by atoms with Gasteiger partial charge >= 0.3 is 19.1 Å². The average molecular weight is 1970 g/mol. The maximum Gasteiger partial charge on any atom is 0.573 e. The summed E-state index contributed by atoms with van der Waals surface area (Å²) in [6, 6.07) is 41.3. The number of allylic oxidation sites excluding steroid dienone is 5. The molecule has 0 spiro atoms. The van der Waals surface area contributed by atoms with E-state index in [1.54, 1.807) is 62.2 Å². The number of fused-ring (bicyclic) bond motifs is 5. The SMILES string of the molecule is C=C1C=Cc2cc(C(=O)N3CCCC3)[nH]c2N1c1ccc(OC(C)C)cc1.C=C1C=Cc2cc(C(=O)N3CCCC3)[nH]c2N1c1ccc(OC(F)(F)F)cc1.C=C1C=Cc2cc(C(=O)N3CCN(C)CC3)[nH]c2N1c1ccc(OC(F)(F)F)cc1.C=C1C=Cc2cc(C(=O)N3CCOCC3)[nH]c2N1c1ccc(OC(F)(F)F)cc1.C=C1C=Cc2cc(C(=O)Nc3nccs3)[nH]c2N1c1ccc(OC(C)C)cc1. The van der Waals surface area contributed by atoms with Gasteiger partial charge in [0.1, 0.15) is 86.3 Å². The number of benzene rings is 5. The normalized spacial score (nSPS) is 15.9. The monoisotopic (exact) mass is 1970 g/mol. The number of carbonyl (C=O) groups is 5. The number of aromatic nitrogens is 6. The number of likely N-dealkylation sites (tertiary alicyclic amines) is 2. The maximum absolute atomic E-state index is 12.9. The highest BCUT2D eigenvalue weighted by atomic mass is 32.1.